The third-order valence-corrected chi connectivity index (χ3v) is 7.26. The van der Waals surface area contributed by atoms with Crippen molar-refractivity contribution in [3.05, 3.63) is 90.2 Å². The Labute approximate surface area is 185 Å². The molecule has 0 radical (unpaired) electrons. The van der Waals surface area contributed by atoms with Crippen molar-refractivity contribution in [2.24, 2.45) is 0 Å². The Balaban J connectivity index is 1.28. The van der Waals surface area contributed by atoms with Gasteiger partial charge in [0, 0.05) is 36.4 Å². The van der Waals surface area contributed by atoms with Crippen LogP contribution in [0.2, 0.25) is 0 Å². The van der Waals surface area contributed by atoms with Crippen molar-refractivity contribution >= 4 is 32.4 Å². The van der Waals surface area contributed by atoms with Gasteiger partial charge < -0.3 is 14.3 Å². The highest BCUT2D eigenvalue weighted by Gasteiger charge is 2.24. The van der Waals surface area contributed by atoms with Gasteiger partial charge in [0.25, 0.3) is 5.91 Å². The summed E-state index contributed by atoms with van der Waals surface area (Å²) in [5, 5.41) is 1.06. The predicted octanol–water partition coefficient (Wildman–Crippen LogP) is 4.06. The lowest BCUT2D eigenvalue weighted by atomic mass is 9.99. The van der Waals surface area contributed by atoms with Crippen LogP contribution in [0.5, 0.6) is 0 Å². The highest BCUT2D eigenvalue weighted by molar-refractivity contribution is 7.90. The standard InChI is InChI=1S/C24H21N3O4S/c28-24(22-9-8-18(31-22)16-32(29,30)19-5-2-1-3-6-19)27-13-10-17(11-14-27)21-15-26-23-20(21)7-4-12-25-23/h1-10,12,15H,11,13-14,16H2,(H,25,26). The largest absolute Gasteiger partial charge is 0.455 e. The molecular weight excluding hydrogens is 426 g/mol. The number of carbonyl (C=O) groups excluding carboxylic acids is 1. The maximum absolute atomic E-state index is 12.9. The Morgan fingerprint density at radius 3 is 2.72 bits per heavy atom. The third-order valence-electron chi connectivity index (χ3n) is 5.60. The lowest BCUT2D eigenvalue weighted by molar-refractivity contribution is 0.0739. The number of aromatic amines is 1. The predicted molar refractivity (Wildman–Crippen MR) is 121 cm³/mol. The molecule has 7 nitrogen and oxygen atoms in total. The molecule has 32 heavy (non-hydrogen) atoms. The number of carbonyl (C=O) groups is 1. The van der Waals surface area contributed by atoms with Crippen molar-refractivity contribution in [2.75, 3.05) is 13.1 Å². The van der Waals surface area contributed by atoms with Gasteiger partial charge in [-0.15, -0.1) is 0 Å². The van der Waals surface area contributed by atoms with Crippen LogP contribution in [0.15, 0.2) is 82.4 Å². The minimum atomic E-state index is -3.54. The van der Waals surface area contributed by atoms with Crippen LogP contribution in [0.1, 0.15) is 28.3 Å². The van der Waals surface area contributed by atoms with E-state index in [2.05, 4.69) is 9.97 Å². The molecule has 162 valence electrons. The Morgan fingerprint density at radius 2 is 1.94 bits per heavy atom. The van der Waals surface area contributed by atoms with Crippen LogP contribution in [0, 0.1) is 0 Å². The summed E-state index contributed by atoms with van der Waals surface area (Å²) in [6.45, 7) is 1.01. The summed E-state index contributed by atoms with van der Waals surface area (Å²) in [7, 11) is -3.54. The molecule has 0 aliphatic carbocycles. The van der Waals surface area contributed by atoms with Gasteiger partial charge in [-0.1, -0.05) is 24.3 Å². The number of pyridine rings is 1. The zero-order chi connectivity index (χ0) is 22.1. The first-order valence-corrected chi connectivity index (χ1v) is 11.9. The normalized spacial score (nSPS) is 14.5. The van der Waals surface area contributed by atoms with E-state index in [4.69, 9.17) is 4.42 Å². The van der Waals surface area contributed by atoms with Crippen molar-refractivity contribution in [3.63, 3.8) is 0 Å². The molecular formula is C24H21N3O4S. The molecule has 0 saturated heterocycles. The van der Waals surface area contributed by atoms with Gasteiger partial charge in [0.2, 0.25) is 0 Å². The first-order valence-electron chi connectivity index (χ1n) is 10.3. The van der Waals surface area contributed by atoms with E-state index in [0.29, 0.717) is 19.5 Å². The number of amides is 1. The molecule has 1 aromatic carbocycles. The van der Waals surface area contributed by atoms with Gasteiger partial charge >= 0.3 is 0 Å². The Bertz CT molecular complexity index is 1420. The fraction of sp³-hybridized carbons (Fsp3) is 0.167. The monoisotopic (exact) mass is 447 g/mol. The molecule has 4 aromatic rings. The number of rotatable bonds is 5. The summed E-state index contributed by atoms with van der Waals surface area (Å²) in [6.07, 6.45) is 6.46. The molecule has 5 rings (SSSR count). The van der Waals surface area contributed by atoms with E-state index in [1.165, 1.54) is 5.57 Å². The van der Waals surface area contributed by atoms with E-state index in [-0.39, 0.29) is 28.1 Å². The SMILES string of the molecule is O=C(c1ccc(CS(=O)(=O)c2ccccc2)o1)N1CC=C(c2c[nH]c3ncccc23)CC1. The van der Waals surface area contributed by atoms with E-state index in [9.17, 15) is 13.2 Å². The summed E-state index contributed by atoms with van der Waals surface area (Å²) in [6, 6.07) is 15.2. The fourth-order valence-electron chi connectivity index (χ4n) is 3.94. The topological polar surface area (TPSA) is 96.3 Å². The zero-order valence-corrected chi connectivity index (χ0v) is 18.0. The van der Waals surface area contributed by atoms with E-state index >= 15 is 0 Å². The molecule has 4 heterocycles. The molecule has 1 N–H and O–H groups in total. The van der Waals surface area contributed by atoms with Gasteiger partial charge in [0.05, 0.1) is 4.90 Å². The summed E-state index contributed by atoms with van der Waals surface area (Å²) in [5.41, 5.74) is 3.12. The van der Waals surface area contributed by atoms with Crippen LogP contribution in [-0.4, -0.2) is 42.3 Å². The number of aromatic nitrogens is 2. The molecule has 0 fully saturated rings. The highest BCUT2D eigenvalue weighted by atomic mass is 32.2. The zero-order valence-electron chi connectivity index (χ0n) is 17.2. The van der Waals surface area contributed by atoms with Gasteiger partial charge in [0.15, 0.2) is 15.6 Å². The first-order chi connectivity index (χ1) is 15.5. The van der Waals surface area contributed by atoms with E-state index in [1.54, 1.807) is 53.6 Å². The van der Waals surface area contributed by atoms with Crippen LogP contribution in [-0.2, 0) is 15.6 Å². The number of nitrogens with zero attached hydrogens (tertiary/aromatic N) is 2. The smallest absolute Gasteiger partial charge is 0.289 e. The molecule has 1 amide bonds. The highest BCUT2D eigenvalue weighted by Crippen LogP contribution is 2.29. The second-order valence-corrected chi connectivity index (χ2v) is 9.66. The van der Waals surface area contributed by atoms with Crippen LogP contribution in [0.4, 0.5) is 0 Å². The minimum Gasteiger partial charge on any atom is -0.455 e. The van der Waals surface area contributed by atoms with Crippen LogP contribution >= 0.6 is 0 Å². The number of furan rings is 1. The van der Waals surface area contributed by atoms with Crippen LogP contribution in [0.3, 0.4) is 0 Å². The van der Waals surface area contributed by atoms with E-state index in [0.717, 1.165) is 16.6 Å². The number of benzene rings is 1. The number of fused-ring (bicyclic) bond motifs is 1. The van der Waals surface area contributed by atoms with E-state index in [1.807, 2.05) is 24.4 Å². The van der Waals surface area contributed by atoms with Gasteiger partial charge in [-0.25, -0.2) is 13.4 Å². The lowest BCUT2D eigenvalue weighted by Crippen LogP contribution is -2.34. The summed E-state index contributed by atoms with van der Waals surface area (Å²) in [5.74, 6) is -0.138. The average Bonchev–Trinajstić information content (AvgIpc) is 3.46. The van der Waals surface area contributed by atoms with E-state index < -0.39 is 9.84 Å². The lowest BCUT2D eigenvalue weighted by Gasteiger charge is -2.25. The molecule has 1 aliphatic heterocycles. The molecule has 3 aromatic heterocycles. The number of H-pyrrole nitrogens is 1. The number of nitrogens with one attached hydrogen (secondary N) is 1. The van der Waals surface area contributed by atoms with Crippen LogP contribution in [0.25, 0.3) is 16.6 Å². The van der Waals surface area contributed by atoms with Gasteiger partial charge in [-0.3, -0.25) is 4.79 Å². The first kappa shape index (κ1) is 20.3. The maximum Gasteiger partial charge on any atom is 0.289 e. The molecule has 0 atom stereocenters. The summed E-state index contributed by atoms with van der Waals surface area (Å²) >= 11 is 0. The van der Waals surface area contributed by atoms with Crippen molar-refractivity contribution in [1.82, 2.24) is 14.9 Å². The maximum atomic E-state index is 12.9. The van der Waals surface area contributed by atoms with Crippen molar-refractivity contribution in [2.45, 2.75) is 17.1 Å². The van der Waals surface area contributed by atoms with Gasteiger partial charge in [-0.2, -0.15) is 0 Å². The van der Waals surface area contributed by atoms with Gasteiger partial charge in [0.1, 0.15) is 17.2 Å². The molecule has 0 saturated carbocycles. The summed E-state index contributed by atoms with van der Waals surface area (Å²) in [4.78, 5) is 22.3. The van der Waals surface area contributed by atoms with Crippen LogP contribution < -0.4 is 0 Å². The molecule has 1 aliphatic rings. The molecule has 0 bridgehead atoms. The third kappa shape index (κ3) is 3.85. The second kappa shape index (κ2) is 8.12. The Hall–Kier alpha value is -3.65. The summed E-state index contributed by atoms with van der Waals surface area (Å²) < 4.78 is 30.7. The van der Waals surface area contributed by atoms with Gasteiger partial charge in [-0.05, 0) is 48.4 Å². The molecule has 0 spiro atoms. The molecule has 0 unspecified atom stereocenters. The number of hydrogen-bond acceptors (Lipinski definition) is 5. The van der Waals surface area contributed by atoms with Crippen molar-refractivity contribution < 1.29 is 17.6 Å². The second-order valence-electron chi connectivity index (χ2n) is 7.67. The van der Waals surface area contributed by atoms with Crippen molar-refractivity contribution in [1.29, 1.82) is 0 Å². The fourth-order valence-corrected chi connectivity index (χ4v) is 5.21. The number of sulfone groups is 1. The Kier molecular flexibility index (Phi) is 5.14. The molecule has 8 heteroatoms. The minimum absolute atomic E-state index is 0.149. The average molecular weight is 448 g/mol. The quantitative estimate of drug-likeness (QED) is 0.498. The van der Waals surface area contributed by atoms with Crippen molar-refractivity contribution in [3.8, 4) is 0 Å². The number of hydrogen-bond donors (Lipinski definition) is 1. The Morgan fingerprint density at radius 1 is 1.09 bits per heavy atom.